The SMILES string of the molecule is CC1CCc2ccccc2C1NC(=O)N1C[C@@H](C(F)(F)F)[C@H](C(=O)O)C1. The normalized spacial score (nSPS) is 28.5. The summed E-state index contributed by atoms with van der Waals surface area (Å²) in [5.41, 5.74) is 2.09. The number of nitrogens with one attached hydrogen (secondary N) is 1. The highest BCUT2D eigenvalue weighted by atomic mass is 19.4. The average molecular weight is 370 g/mol. The van der Waals surface area contributed by atoms with Crippen molar-refractivity contribution in [2.75, 3.05) is 13.1 Å². The van der Waals surface area contributed by atoms with Crippen LogP contribution in [0.1, 0.15) is 30.5 Å². The summed E-state index contributed by atoms with van der Waals surface area (Å²) in [5.74, 6) is -5.05. The maximum absolute atomic E-state index is 13.1. The van der Waals surface area contributed by atoms with Gasteiger partial charge in [-0.25, -0.2) is 4.79 Å². The number of hydrogen-bond donors (Lipinski definition) is 2. The van der Waals surface area contributed by atoms with Crippen molar-refractivity contribution in [3.8, 4) is 0 Å². The first-order chi connectivity index (χ1) is 12.2. The smallest absolute Gasteiger partial charge is 0.394 e. The second-order valence-corrected chi connectivity index (χ2v) is 7.14. The molecule has 0 saturated carbocycles. The molecule has 0 bridgehead atoms. The van der Waals surface area contributed by atoms with Crippen molar-refractivity contribution in [1.82, 2.24) is 10.2 Å². The van der Waals surface area contributed by atoms with Gasteiger partial charge in [-0.2, -0.15) is 13.2 Å². The summed E-state index contributed by atoms with van der Waals surface area (Å²) in [6.45, 7) is 0.923. The quantitative estimate of drug-likeness (QED) is 0.840. The number of alkyl halides is 3. The van der Waals surface area contributed by atoms with Crippen molar-refractivity contribution in [3.63, 3.8) is 0 Å². The molecule has 2 unspecified atom stereocenters. The molecule has 0 spiro atoms. The molecule has 142 valence electrons. The summed E-state index contributed by atoms with van der Waals surface area (Å²) < 4.78 is 39.3. The van der Waals surface area contributed by atoms with Gasteiger partial charge in [0.1, 0.15) is 0 Å². The molecule has 2 aliphatic rings. The van der Waals surface area contributed by atoms with E-state index in [2.05, 4.69) is 5.32 Å². The van der Waals surface area contributed by atoms with Crippen molar-refractivity contribution in [2.24, 2.45) is 17.8 Å². The Morgan fingerprint density at radius 2 is 1.92 bits per heavy atom. The molecule has 0 radical (unpaired) electrons. The Labute approximate surface area is 149 Å². The van der Waals surface area contributed by atoms with Crippen molar-refractivity contribution in [1.29, 1.82) is 0 Å². The maximum atomic E-state index is 13.1. The minimum Gasteiger partial charge on any atom is -0.481 e. The van der Waals surface area contributed by atoms with Gasteiger partial charge < -0.3 is 15.3 Å². The molecule has 4 atom stereocenters. The van der Waals surface area contributed by atoms with Gasteiger partial charge in [0.05, 0.1) is 17.9 Å². The molecule has 26 heavy (non-hydrogen) atoms. The van der Waals surface area contributed by atoms with E-state index in [1.54, 1.807) is 0 Å². The number of amides is 2. The van der Waals surface area contributed by atoms with Crippen molar-refractivity contribution < 1.29 is 27.9 Å². The lowest BCUT2D eigenvalue weighted by Gasteiger charge is -2.33. The van der Waals surface area contributed by atoms with E-state index in [0.717, 1.165) is 28.9 Å². The molecule has 1 aromatic rings. The molecule has 0 aromatic heterocycles. The maximum Gasteiger partial charge on any atom is 0.394 e. The number of aliphatic carboxylic acids is 1. The summed E-state index contributed by atoms with van der Waals surface area (Å²) in [6, 6.07) is 6.75. The van der Waals surface area contributed by atoms with E-state index in [9.17, 15) is 22.8 Å². The van der Waals surface area contributed by atoms with Gasteiger partial charge in [-0.1, -0.05) is 31.2 Å². The number of aryl methyl sites for hydroxylation is 1. The number of rotatable bonds is 2. The average Bonchev–Trinajstić information content (AvgIpc) is 3.03. The molecule has 3 rings (SSSR count). The van der Waals surface area contributed by atoms with Gasteiger partial charge in [0, 0.05) is 13.1 Å². The third-order valence-corrected chi connectivity index (χ3v) is 5.45. The fourth-order valence-corrected chi connectivity index (χ4v) is 3.92. The Morgan fingerprint density at radius 1 is 1.23 bits per heavy atom. The van der Waals surface area contributed by atoms with Crippen LogP contribution in [0.2, 0.25) is 0 Å². The van der Waals surface area contributed by atoms with Crippen LogP contribution in [-0.2, 0) is 11.2 Å². The molecule has 1 fully saturated rings. The fraction of sp³-hybridized carbons (Fsp3) is 0.556. The van der Waals surface area contributed by atoms with Gasteiger partial charge in [-0.3, -0.25) is 4.79 Å². The number of urea groups is 1. The predicted octanol–water partition coefficient (Wildman–Crippen LogP) is 3.21. The van der Waals surface area contributed by atoms with Crippen LogP contribution in [0, 0.1) is 17.8 Å². The number of carboxylic acid groups (broad SMARTS) is 1. The molecule has 2 amide bonds. The highest BCUT2D eigenvalue weighted by Gasteiger charge is 2.53. The first kappa shape index (κ1) is 18.5. The molecule has 1 heterocycles. The largest absolute Gasteiger partial charge is 0.481 e. The molecular formula is C18H21F3N2O3. The molecule has 1 aliphatic carbocycles. The van der Waals surface area contributed by atoms with Crippen LogP contribution in [0.25, 0.3) is 0 Å². The number of fused-ring (bicyclic) bond motifs is 1. The summed E-state index contributed by atoms with van der Waals surface area (Å²) in [7, 11) is 0. The highest BCUT2D eigenvalue weighted by Crippen LogP contribution is 2.38. The Kier molecular flexibility index (Phi) is 4.86. The second kappa shape index (κ2) is 6.81. The Hall–Kier alpha value is -2.25. The van der Waals surface area contributed by atoms with Crippen LogP contribution < -0.4 is 5.32 Å². The van der Waals surface area contributed by atoms with Crippen molar-refractivity contribution in [3.05, 3.63) is 35.4 Å². The molecule has 1 aliphatic heterocycles. The number of benzene rings is 1. The van der Waals surface area contributed by atoms with E-state index in [1.165, 1.54) is 0 Å². The third kappa shape index (κ3) is 3.50. The number of hydrogen-bond acceptors (Lipinski definition) is 2. The van der Waals surface area contributed by atoms with E-state index >= 15 is 0 Å². The Balaban J connectivity index is 1.76. The van der Waals surface area contributed by atoms with E-state index in [1.807, 2.05) is 31.2 Å². The van der Waals surface area contributed by atoms with Gasteiger partial charge in [-0.05, 0) is 29.9 Å². The molecular weight excluding hydrogens is 349 g/mol. The molecule has 1 saturated heterocycles. The lowest BCUT2D eigenvalue weighted by molar-refractivity contribution is -0.187. The topological polar surface area (TPSA) is 69.6 Å². The van der Waals surface area contributed by atoms with Gasteiger partial charge in [0.2, 0.25) is 0 Å². The summed E-state index contributed by atoms with van der Waals surface area (Å²) in [4.78, 5) is 24.7. The van der Waals surface area contributed by atoms with Gasteiger partial charge in [0.25, 0.3) is 0 Å². The number of nitrogens with zero attached hydrogens (tertiary/aromatic N) is 1. The van der Waals surface area contributed by atoms with E-state index in [4.69, 9.17) is 5.11 Å². The Bertz CT molecular complexity index is 707. The van der Waals surface area contributed by atoms with Gasteiger partial charge >= 0.3 is 18.2 Å². The first-order valence-electron chi connectivity index (χ1n) is 8.61. The van der Waals surface area contributed by atoms with E-state index < -0.39 is 43.1 Å². The molecule has 1 aromatic carbocycles. The monoisotopic (exact) mass is 370 g/mol. The summed E-state index contributed by atoms with van der Waals surface area (Å²) >= 11 is 0. The lowest BCUT2D eigenvalue weighted by Crippen LogP contribution is -2.44. The van der Waals surface area contributed by atoms with Gasteiger partial charge in [0.15, 0.2) is 0 Å². The zero-order chi connectivity index (χ0) is 19.1. The van der Waals surface area contributed by atoms with Crippen LogP contribution in [0.4, 0.5) is 18.0 Å². The van der Waals surface area contributed by atoms with Crippen molar-refractivity contribution in [2.45, 2.75) is 32.0 Å². The van der Waals surface area contributed by atoms with Crippen LogP contribution in [0.15, 0.2) is 24.3 Å². The minimum absolute atomic E-state index is 0.144. The fourth-order valence-electron chi connectivity index (χ4n) is 3.92. The Morgan fingerprint density at radius 3 is 2.54 bits per heavy atom. The number of carbonyl (C=O) groups is 2. The summed E-state index contributed by atoms with van der Waals surface area (Å²) in [6.07, 6.45) is -2.89. The summed E-state index contributed by atoms with van der Waals surface area (Å²) in [5, 5.41) is 11.9. The molecule has 2 N–H and O–H groups in total. The van der Waals surface area contributed by atoms with Crippen molar-refractivity contribution >= 4 is 12.0 Å². The molecule has 5 nitrogen and oxygen atoms in total. The van der Waals surface area contributed by atoms with Crippen LogP contribution in [0.3, 0.4) is 0 Å². The highest BCUT2D eigenvalue weighted by molar-refractivity contribution is 5.78. The zero-order valence-corrected chi connectivity index (χ0v) is 14.3. The molecule has 8 heteroatoms. The zero-order valence-electron chi connectivity index (χ0n) is 14.3. The minimum atomic E-state index is -4.65. The number of carbonyl (C=O) groups excluding carboxylic acids is 1. The number of carboxylic acids is 1. The van der Waals surface area contributed by atoms with Crippen LogP contribution >= 0.6 is 0 Å². The van der Waals surface area contributed by atoms with E-state index in [-0.39, 0.29) is 12.0 Å². The first-order valence-corrected chi connectivity index (χ1v) is 8.61. The van der Waals surface area contributed by atoms with Gasteiger partial charge in [-0.15, -0.1) is 0 Å². The number of likely N-dealkylation sites (tertiary alicyclic amines) is 1. The lowest BCUT2D eigenvalue weighted by atomic mass is 9.81. The number of halogens is 3. The van der Waals surface area contributed by atoms with E-state index in [0.29, 0.717) is 0 Å². The van der Waals surface area contributed by atoms with Crippen LogP contribution in [-0.4, -0.2) is 41.3 Å². The van der Waals surface area contributed by atoms with Crippen LogP contribution in [0.5, 0.6) is 0 Å². The standard InChI is InChI=1S/C18H21F3N2O3/c1-10-6-7-11-4-2-3-5-12(11)15(10)22-17(26)23-8-13(16(24)25)14(9-23)18(19,20)21/h2-5,10,13-15H,6-9H2,1H3,(H,22,26)(H,24,25)/t10?,13-,14-,15?/m1/s1. The second-order valence-electron chi connectivity index (χ2n) is 7.14. The predicted molar refractivity (Wildman–Crippen MR) is 87.4 cm³/mol. The third-order valence-electron chi connectivity index (χ3n) is 5.45.